The van der Waals surface area contributed by atoms with Gasteiger partial charge in [-0.2, -0.15) is 0 Å². The lowest BCUT2D eigenvalue weighted by atomic mass is 9.43. The molecule has 4 saturated carbocycles. The fraction of sp³-hybridized carbons (Fsp3) is 0.957. The number of nitrogens with zero attached hydrogens (tertiary/aromatic N) is 1. The summed E-state index contributed by atoms with van der Waals surface area (Å²) in [6.07, 6.45) is 7.91. The largest absolute Gasteiger partial charge is 0.394 e. The summed E-state index contributed by atoms with van der Waals surface area (Å²) in [6, 6.07) is 0. The minimum Gasteiger partial charge on any atom is -0.394 e. The lowest BCUT2D eigenvalue weighted by molar-refractivity contribution is -0.164. The topological polar surface area (TPSA) is 88.1 Å². The normalized spacial score (nSPS) is 52.1. The van der Waals surface area contributed by atoms with Crippen molar-refractivity contribution in [3.8, 4) is 0 Å². The lowest BCUT2D eigenvalue weighted by Gasteiger charge is -2.63. The second-order valence-corrected chi connectivity index (χ2v) is 10.6. The van der Waals surface area contributed by atoms with E-state index in [9.17, 15) is 10.2 Å². The van der Waals surface area contributed by atoms with Crippen LogP contribution in [0, 0.1) is 40.4 Å². The maximum atomic E-state index is 11.4. The number of hydrogen-bond donors (Lipinski definition) is 3. The number of hydrogen-bond acceptors (Lipinski definition) is 5. The first kappa shape index (κ1) is 20.6. The van der Waals surface area contributed by atoms with Crippen LogP contribution in [0.4, 0.5) is 0 Å². The van der Waals surface area contributed by atoms with Gasteiger partial charge >= 0.3 is 0 Å². The van der Waals surface area contributed by atoms with Crippen LogP contribution in [0.25, 0.3) is 0 Å². The highest BCUT2D eigenvalue weighted by atomic mass is 16.6. The summed E-state index contributed by atoms with van der Waals surface area (Å²) in [5.41, 5.74) is 6.90. The van der Waals surface area contributed by atoms with Gasteiger partial charge in [-0.15, -0.1) is 0 Å². The first-order valence-electron chi connectivity index (χ1n) is 11.6. The van der Waals surface area contributed by atoms with Crippen molar-refractivity contribution in [1.82, 2.24) is 0 Å². The van der Waals surface area contributed by atoms with Crippen LogP contribution < -0.4 is 5.73 Å². The van der Waals surface area contributed by atoms with Gasteiger partial charge in [0, 0.05) is 12.5 Å². The zero-order chi connectivity index (χ0) is 20.1. The molecule has 0 spiro atoms. The molecule has 160 valence electrons. The Bertz CT molecular complexity index is 611. The average Bonchev–Trinajstić information content (AvgIpc) is 2.97. The lowest BCUT2D eigenvalue weighted by Crippen LogP contribution is -2.60. The molecule has 0 heterocycles. The van der Waals surface area contributed by atoms with Crippen LogP contribution in [0.15, 0.2) is 5.16 Å². The number of nitrogens with two attached hydrogens (primary N) is 1. The van der Waals surface area contributed by atoms with E-state index in [4.69, 9.17) is 10.6 Å². The molecule has 4 N–H and O–H groups in total. The Morgan fingerprint density at radius 3 is 2.57 bits per heavy atom. The van der Waals surface area contributed by atoms with Crippen molar-refractivity contribution in [2.24, 2.45) is 51.3 Å². The summed E-state index contributed by atoms with van der Waals surface area (Å²) in [6.45, 7) is 7.91. The molecule has 0 aromatic rings. The van der Waals surface area contributed by atoms with Gasteiger partial charge < -0.3 is 20.8 Å². The van der Waals surface area contributed by atoms with E-state index < -0.39 is 0 Å². The molecule has 5 nitrogen and oxygen atoms in total. The van der Waals surface area contributed by atoms with Crippen molar-refractivity contribution in [3.63, 3.8) is 0 Å². The highest BCUT2D eigenvalue weighted by Gasteiger charge is 2.63. The number of aliphatic hydroxyl groups is 2. The van der Waals surface area contributed by atoms with Crippen LogP contribution in [0.3, 0.4) is 0 Å². The van der Waals surface area contributed by atoms with E-state index in [1.165, 1.54) is 6.42 Å². The van der Waals surface area contributed by atoms with Crippen LogP contribution in [0.2, 0.25) is 0 Å². The molecule has 0 aliphatic heterocycles. The molecule has 4 aliphatic rings. The van der Waals surface area contributed by atoms with Crippen LogP contribution in [0.5, 0.6) is 0 Å². The number of rotatable bonds is 4. The minimum atomic E-state index is -0.281. The molecular weight excluding hydrogens is 352 g/mol. The van der Waals surface area contributed by atoms with E-state index in [-0.39, 0.29) is 29.0 Å². The number of oxime groups is 1. The van der Waals surface area contributed by atoms with Crippen LogP contribution in [-0.4, -0.2) is 41.3 Å². The smallest absolute Gasteiger partial charge is 0.129 e. The Morgan fingerprint density at radius 2 is 1.86 bits per heavy atom. The van der Waals surface area contributed by atoms with E-state index >= 15 is 0 Å². The first-order chi connectivity index (χ1) is 13.4. The molecule has 1 unspecified atom stereocenters. The third-order valence-electron chi connectivity index (χ3n) is 9.54. The van der Waals surface area contributed by atoms with Gasteiger partial charge in [0.15, 0.2) is 0 Å². The summed E-state index contributed by atoms with van der Waals surface area (Å²) >= 11 is 0. The van der Waals surface area contributed by atoms with Gasteiger partial charge in [0.1, 0.15) is 6.61 Å². The Balaban J connectivity index is 1.62. The zero-order valence-electron chi connectivity index (χ0n) is 17.9. The van der Waals surface area contributed by atoms with Crippen LogP contribution >= 0.6 is 0 Å². The van der Waals surface area contributed by atoms with E-state index in [1.54, 1.807) is 0 Å². The highest BCUT2D eigenvalue weighted by Crippen LogP contribution is 2.66. The Kier molecular flexibility index (Phi) is 5.56. The fourth-order valence-corrected chi connectivity index (χ4v) is 8.17. The quantitative estimate of drug-likeness (QED) is 0.506. The van der Waals surface area contributed by atoms with Gasteiger partial charge in [0.2, 0.25) is 0 Å². The highest BCUT2D eigenvalue weighted by molar-refractivity contribution is 5.87. The molecule has 0 aromatic carbocycles. The molecule has 28 heavy (non-hydrogen) atoms. The maximum Gasteiger partial charge on any atom is 0.129 e. The van der Waals surface area contributed by atoms with Gasteiger partial charge in [0.05, 0.1) is 17.9 Å². The molecule has 4 aliphatic carbocycles. The van der Waals surface area contributed by atoms with Gasteiger partial charge in [0.25, 0.3) is 0 Å². The summed E-state index contributed by atoms with van der Waals surface area (Å²) in [5, 5.41) is 26.5. The monoisotopic (exact) mass is 392 g/mol. The van der Waals surface area contributed by atoms with Crippen molar-refractivity contribution in [3.05, 3.63) is 0 Å². The van der Waals surface area contributed by atoms with Gasteiger partial charge in [-0.3, -0.25) is 0 Å². The van der Waals surface area contributed by atoms with Gasteiger partial charge in [-0.05, 0) is 85.9 Å². The standard InChI is InChI=1S/C23H40N2O3/c1-4-14-18(25-28-12-11-24)8-10-23(3)17-7-9-22(2)16(5-6-20(22)27)15(17)13-19(26)21(14)23/h14-17,19-21,26-27H,4-13,24H2,1-3H3/t14-,15-,16-,17-,19+,20-,21?,22-,23+/m0/s1. The summed E-state index contributed by atoms with van der Waals surface area (Å²) < 4.78 is 0. The molecular formula is C23H40N2O3. The minimum absolute atomic E-state index is 0.0611. The molecule has 0 bridgehead atoms. The van der Waals surface area contributed by atoms with E-state index in [2.05, 4.69) is 25.9 Å². The summed E-state index contributed by atoms with van der Waals surface area (Å²) in [4.78, 5) is 5.44. The molecule has 9 atom stereocenters. The van der Waals surface area contributed by atoms with Gasteiger partial charge in [-0.1, -0.05) is 25.9 Å². The van der Waals surface area contributed by atoms with Gasteiger partial charge in [-0.25, -0.2) is 0 Å². The molecule has 0 radical (unpaired) electrons. The Labute approximate surface area is 170 Å². The van der Waals surface area contributed by atoms with Crippen LogP contribution in [-0.2, 0) is 4.84 Å². The van der Waals surface area contributed by atoms with Crippen LogP contribution in [0.1, 0.15) is 72.1 Å². The number of aliphatic hydroxyl groups excluding tert-OH is 2. The molecule has 4 rings (SSSR count). The van der Waals surface area contributed by atoms with Crippen molar-refractivity contribution in [2.75, 3.05) is 13.2 Å². The summed E-state index contributed by atoms with van der Waals surface area (Å²) in [5.74, 6) is 2.34. The first-order valence-corrected chi connectivity index (χ1v) is 11.6. The second kappa shape index (κ2) is 7.55. The maximum absolute atomic E-state index is 11.4. The zero-order valence-corrected chi connectivity index (χ0v) is 17.9. The third kappa shape index (κ3) is 2.95. The predicted octanol–water partition coefficient (Wildman–Crippen LogP) is 3.33. The van der Waals surface area contributed by atoms with E-state index in [0.29, 0.717) is 36.8 Å². The van der Waals surface area contributed by atoms with E-state index in [0.717, 1.165) is 50.7 Å². The number of fused-ring (bicyclic) bond motifs is 5. The van der Waals surface area contributed by atoms with Crippen molar-refractivity contribution in [2.45, 2.75) is 84.3 Å². The molecule has 0 amide bonds. The predicted molar refractivity (Wildman–Crippen MR) is 111 cm³/mol. The SMILES string of the molecule is CC[C@H]1C(=NOCCN)CC[C@@]2(C)C1[C@H](O)C[C@H]1[C@@H]3CC[C@H](O)[C@@]3(C)CC[C@@H]12. The molecule has 4 fully saturated rings. The molecule has 0 aromatic heterocycles. The van der Waals surface area contributed by atoms with Crippen molar-refractivity contribution in [1.29, 1.82) is 0 Å². The average molecular weight is 393 g/mol. The molecule has 0 saturated heterocycles. The Morgan fingerprint density at radius 1 is 1.11 bits per heavy atom. The molecule has 5 heteroatoms. The van der Waals surface area contributed by atoms with E-state index in [1.807, 2.05) is 0 Å². The van der Waals surface area contributed by atoms with Crippen molar-refractivity contribution >= 4 is 5.71 Å². The fourth-order valence-electron chi connectivity index (χ4n) is 8.17. The van der Waals surface area contributed by atoms with Crippen molar-refractivity contribution < 1.29 is 15.1 Å². The summed E-state index contributed by atoms with van der Waals surface area (Å²) in [7, 11) is 0. The second-order valence-electron chi connectivity index (χ2n) is 10.6. The Hall–Kier alpha value is -0.650. The third-order valence-corrected chi connectivity index (χ3v) is 9.54.